The van der Waals surface area contributed by atoms with E-state index in [1.54, 1.807) is 6.07 Å². The molecule has 0 aliphatic carbocycles. The highest BCUT2D eigenvalue weighted by Crippen LogP contribution is 2.36. The summed E-state index contributed by atoms with van der Waals surface area (Å²) in [5.41, 5.74) is 5.64. The first kappa shape index (κ1) is 12.4. The second-order valence-electron chi connectivity index (χ2n) is 3.93. The van der Waals surface area contributed by atoms with Gasteiger partial charge in [-0.15, -0.1) is 0 Å². The first-order valence-electron chi connectivity index (χ1n) is 5.42. The van der Waals surface area contributed by atoms with Gasteiger partial charge in [-0.1, -0.05) is 12.1 Å². The van der Waals surface area contributed by atoms with Crippen molar-refractivity contribution in [3.05, 3.63) is 59.7 Å². The van der Waals surface area contributed by atoms with E-state index in [1.807, 2.05) is 0 Å². The van der Waals surface area contributed by atoms with Gasteiger partial charge >= 0.3 is 0 Å². The second-order valence-corrected chi connectivity index (χ2v) is 3.93. The zero-order chi connectivity index (χ0) is 13.2. The number of benzene rings is 2. The van der Waals surface area contributed by atoms with E-state index in [1.165, 1.54) is 49.6 Å². The van der Waals surface area contributed by atoms with Crippen molar-refractivity contribution in [1.29, 1.82) is 0 Å². The summed E-state index contributed by atoms with van der Waals surface area (Å²) in [6, 6.07) is 11.5. The first-order chi connectivity index (χ1) is 8.54. The summed E-state index contributed by atoms with van der Waals surface area (Å²) in [7, 11) is 1.49. The molecule has 0 atom stereocenters. The Morgan fingerprint density at radius 1 is 1.00 bits per heavy atom. The predicted molar refractivity (Wildman–Crippen MR) is 66.8 cm³/mol. The van der Waals surface area contributed by atoms with Crippen molar-refractivity contribution in [1.82, 2.24) is 0 Å². The Balaban J connectivity index is 2.40. The lowest BCUT2D eigenvalue weighted by Gasteiger charge is -2.17. The van der Waals surface area contributed by atoms with Gasteiger partial charge in [0, 0.05) is 16.8 Å². The van der Waals surface area contributed by atoms with Crippen molar-refractivity contribution in [2.75, 3.05) is 12.8 Å². The molecule has 94 valence electrons. The number of hydrogen-bond donors (Lipinski definition) is 1. The van der Waals surface area contributed by atoms with E-state index in [9.17, 15) is 8.78 Å². The Bertz CT molecular complexity index is 538. The van der Waals surface area contributed by atoms with Gasteiger partial charge in [-0.25, -0.2) is 0 Å². The topological polar surface area (TPSA) is 35.2 Å². The molecule has 2 aromatic rings. The fraction of sp³-hybridized carbons (Fsp3) is 0.143. The number of rotatable bonds is 3. The molecule has 0 aromatic heterocycles. The molecule has 0 saturated carbocycles. The quantitative estimate of drug-likeness (QED) is 0.846. The van der Waals surface area contributed by atoms with Crippen molar-refractivity contribution in [2.24, 2.45) is 0 Å². The molecular weight excluding hydrogens is 236 g/mol. The van der Waals surface area contributed by atoms with Gasteiger partial charge in [-0.3, -0.25) is 0 Å². The third kappa shape index (κ3) is 2.27. The van der Waals surface area contributed by atoms with E-state index >= 15 is 0 Å². The molecule has 0 heterocycles. The largest absolute Gasteiger partial charge is 0.497 e. The van der Waals surface area contributed by atoms with Crippen molar-refractivity contribution in [3.8, 4) is 5.75 Å². The standard InChI is InChI=1S/C14H13F2NO/c1-18-13-7-5-10(6-8-13)14(15,16)11-3-2-4-12(17)9-11/h2-9H,17H2,1H3. The number of methoxy groups -OCH3 is 1. The smallest absolute Gasteiger partial charge is 0.298 e. The zero-order valence-electron chi connectivity index (χ0n) is 9.86. The highest BCUT2D eigenvalue weighted by Gasteiger charge is 2.33. The molecule has 2 N–H and O–H groups in total. The molecule has 0 aliphatic heterocycles. The number of hydrogen-bond acceptors (Lipinski definition) is 2. The molecule has 0 saturated heterocycles. The Labute approximate surface area is 104 Å². The minimum Gasteiger partial charge on any atom is -0.497 e. The van der Waals surface area contributed by atoms with Crippen LogP contribution in [-0.2, 0) is 5.92 Å². The van der Waals surface area contributed by atoms with E-state index in [0.717, 1.165) is 0 Å². The predicted octanol–water partition coefficient (Wildman–Crippen LogP) is 3.42. The Morgan fingerprint density at radius 3 is 2.22 bits per heavy atom. The maximum Gasteiger partial charge on any atom is 0.298 e. The van der Waals surface area contributed by atoms with E-state index in [0.29, 0.717) is 11.4 Å². The van der Waals surface area contributed by atoms with Crippen LogP contribution < -0.4 is 10.5 Å². The van der Waals surface area contributed by atoms with Gasteiger partial charge in [-0.05, 0) is 36.4 Å². The van der Waals surface area contributed by atoms with Crippen LogP contribution in [0.2, 0.25) is 0 Å². The van der Waals surface area contributed by atoms with Crippen LogP contribution in [-0.4, -0.2) is 7.11 Å². The fourth-order valence-corrected chi connectivity index (χ4v) is 1.70. The molecule has 0 amide bonds. The molecule has 0 unspecified atom stereocenters. The van der Waals surface area contributed by atoms with Crippen molar-refractivity contribution in [3.63, 3.8) is 0 Å². The second kappa shape index (κ2) is 4.64. The van der Waals surface area contributed by atoms with Crippen LogP contribution in [0.1, 0.15) is 11.1 Å². The number of nitrogens with two attached hydrogens (primary N) is 1. The molecule has 0 bridgehead atoms. The van der Waals surface area contributed by atoms with Gasteiger partial charge in [0.1, 0.15) is 5.75 Å². The van der Waals surface area contributed by atoms with Gasteiger partial charge < -0.3 is 10.5 Å². The Morgan fingerprint density at radius 2 is 1.67 bits per heavy atom. The number of alkyl halides is 2. The molecular formula is C14H13F2NO. The minimum absolute atomic E-state index is 0.0890. The van der Waals surface area contributed by atoms with Gasteiger partial charge in [0.25, 0.3) is 5.92 Å². The lowest BCUT2D eigenvalue weighted by atomic mass is 10.00. The van der Waals surface area contributed by atoms with Crippen LogP contribution in [0.15, 0.2) is 48.5 Å². The molecule has 2 nitrogen and oxygen atoms in total. The number of ether oxygens (including phenoxy) is 1. The summed E-state index contributed by atoms with van der Waals surface area (Å²) in [5, 5.41) is 0. The lowest BCUT2D eigenvalue weighted by molar-refractivity contribution is 0.0428. The molecule has 2 aromatic carbocycles. The summed E-state index contributed by atoms with van der Waals surface area (Å²) < 4.78 is 33.4. The average molecular weight is 249 g/mol. The van der Waals surface area contributed by atoms with Gasteiger partial charge in [0.15, 0.2) is 0 Å². The SMILES string of the molecule is COc1ccc(C(F)(F)c2cccc(N)c2)cc1. The van der Waals surface area contributed by atoms with Crippen LogP contribution in [0.25, 0.3) is 0 Å². The highest BCUT2D eigenvalue weighted by atomic mass is 19.3. The Kier molecular flexibility index (Phi) is 3.19. The average Bonchev–Trinajstić information content (AvgIpc) is 2.39. The number of nitrogen functional groups attached to an aromatic ring is 1. The van der Waals surface area contributed by atoms with Gasteiger partial charge in [-0.2, -0.15) is 8.78 Å². The molecule has 0 radical (unpaired) electrons. The molecule has 18 heavy (non-hydrogen) atoms. The molecule has 4 heteroatoms. The van der Waals surface area contributed by atoms with Gasteiger partial charge in [0.2, 0.25) is 0 Å². The van der Waals surface area contributed by atoms with Crippen molar-refractivity contribution in [2.45, 2.75) is 5.92 Å². The summed E-state index contributed by atoms with van der Waals surface area (Å²) in [4.78, 5) is 0. The molecule has 0 fully saturated rings. The first-order valence-corrected chi connectivity index (χ1v) is 5.42. The minimum atomic E-state index is -3.07. The van der Waals surface area contributed by atoms with Crippen LogP contribution in [0, 0.1) is 0 Å². The molecule has 0 spiro atoms. The van der Waals surface area contributed by atoms with E-state index in [4.69, 9.17) is 10.5 Å². The van der Waals surface area contributed by atoms with Crippen molar-refractivity contribution < 1.29 is 13.5 Å². The molecule has 0 aliphatic rings. The van der Waals surface area contributed by atoms with Crippen LogP contribution >= 0.6 is 0 Å². The van der Waals surface area contributed by atoms with Crippen LogP contribution in [0.3, 0.4) is 0 Å². The monoisotopic (exact) mass is 249 g/mol. The van der Waals surface area contributed by atoms with Crippen LogP contribution in [0.4, 0.5) is 14.5 Å². The van der Waals surface area contributed by atoms with E-state index in [2.05, 4.69) is 0 Å². The number of anilines is 1. The summed E-state index contributed by atoms with van der Waals surface area (Å²) in [6.07, 6.45) is 0. The lowest BCUT2D eigenvalue weighted by Crippen LogP contribution is -2.15. The highest BCUT2D eigenvalue weighted by molar-refractivity contribution is 5.45. The normalized spacial score (nSPS) is 11.3. The number of halogens is 2. The van der Waals surface area contributed by atoms with Gasteiger partial charge in [0.05, 0.1) is 7.11 Å². The Hall–Kier alpha value is -2.10. The third-order valence-electron chi connectivity index (χ3n) is 2.70. The summed E-state index contributed by atoms with van der Waals surface area (Å²) in [5.74, 6) is -2.52. The zero-order valence-corrected chi connectivity index (χ0v) is 9.86. The summed E-state index contributed by atoms with van der Waals surface area (Å²) >= 11 is 0. The maximum absolute atomic E-state index is 14.2. The van der Waals surface area contributed by atoms with E-state index < -0.39 is 5.92 Å². The third-order valence-corrected chi connectivity index (χ3v) is 2.70. The van der Waals surface area contributed by atoms with Crippen molar-refractivity contribution >= 4 is 5.69 Å². The van der Waals surface area contributed by atoms with E-state index in [-0.39, 0.29) is 11.1 Å². The molecule has 2 rings (SSSR count). The van der Waals surface area contributed by atoms with Crippen LogP contribution in [0.5, 0.6) is 5.75 Å². The summed E-state index contributed by atoms with van der Waals surface area (Å²) in [6.45, 7) is 0. The fourth-order valence-electron chi connectivity index (χ4n) is 1.70. The maximum atomic E-state index is 14.2.